The zero-order chi connectivity index (χ0) is 15.1. The molecule has 0 saturated heterocycles. The van der Waals surface area contributed by atoms with Crippen molar-refractivity contribution < 1.29 is 0 Å². The van der Waals surface area contributed by atoms with Crippen LogP contribution in [0.5, 0.6) is 0 Å². The summed E-state index contributed by atoms with van der Waals surface area (Å²) < 4.78 is 0. The maximum absolute atomic E-state index is 3.61. The fourth-order valence-electron chi connectivity index (χ4n) is 2.57. The topological polar surface area (TPSA) is 12.0 Å². The predicted molar refractivity (Wildman–Crippen MR) is 94.2 cm³/mol. The van der Waals surface area contributed by atoms with E-state index in [2.05, 4.69) is 68.6 Å². The van der Waals surface area contributed by atoms with Crippen molar-refractivity contribution in [3.05, 3.63) is 57.8 Å². The minimum atomic E-state index is 0.554. The second-order valence-electron chi connectivity index (χ2n) is 6.04. The molecule has 114 valence electrons. The van der Waals surface area contributed by atoms with E-state index in [0.717, 1.165) is 19.4 Å². The fourth-order valence-corrected chi connectivity index (χ4v) is 3.65. The first-order chi connectivity index (χ1) is 10.2. The van der Waals surface area contributed by atoms with Crippen molar-refractivity contribution in [2.75, 3.05) is 6.54 Å². The summed E-state index contributed by atoms with van der Waals surface area (Å²) in [5, 5.41) is 3.61. The Labute approximate surface area is 133 Å². The average Bonchev–Trinajstić information content (AvgIpc) is 2.93. The van der Waals surface area contributed by atoms with Crippen molar-refractivity contribution in [3.8, 4) is 0 Å². The van der Waals surface area contributed by atoms with E-state index >= 15 is 0 Å². The lowest BCUT2D eigenvalue weighted by Gasteiger charge is -2.19. The minimum absolute atomic E-state index is 0.554. The molecule has 0 fully saturated rings. The van der Waals surface area contributed by atoms with Crippen molar-refractivity contribution in [1.82, 2.24) is 5.32 Å². The van der Waals surface area contributed by atoms with Crippen molar-refractivity contribution in [3.63, 3.8) is 0 Å². The van der Waals surface area contributed by atoms with Crippen LogP contribution in [0.4, 0.5) is 0 Å². The van der Waals surface area contributed by atoms with Gasteiger partial charge in [0.15, 0.2) is 0 Å². The molecule has 0 aliphatic rings. The Bertz CT molecular complexity index is 515. The molecule has 1 aromatic carbocycles. The standard InChI is InChI=1S/C19H27NS/c1-4-18-10-11-19(21-18)13-17(14-20-15(2)3)12-16-8-6-5-7-9-16/h5-11,15,17,20H,4,12-14H2,1-3H3. The second-order valence-corrected chi connectivity index (χ2v) is 7.30. The van der Waals surface area contributed by atoms with Crippen molar-refractivity contribution >= 4 is 11.3 Å². The SMILES string of the molecule is CCc1ccc(CC(CNC(C)C)Cc2ccccc2)s1. The Morgan fingerprint density at radius 2 is 1.67 bits per heavy atom. The van der Waals surface area contributed by atoms with Crippen LogP contribution in [0.2, 0.25) is 0 Å². The quantitative estimate of drug-likeness (QED) is 0.744. The Balaban J connectivity index is 2.00. The van der Waals surface area contributed by atoms with Gasteiger partial charge in [0.25, 0.3) is 0 Å². The molecule has 1 nitrogen and oxygen atoms in total. The fraction of sp³-hybridized carbons (Fsp3) is 0.474. The first-order valence-electron chi connectivity index (χ1n) is 8.02. The summed E-state index contributed by atoms with van der Waals surface area (Å²) in [7, 11) is 0. The van der Waals surface area contributed by atoms with Crippen molar-refractivity contribution in [2.24, 2.45) is 5.92 Å². The third kappa shape index (κ3) is 5.64. The van der Waals surface area contributed by atoms with Crippen LogP contribution in [0.1, 0.15) is 36.1 Å². The number of hydrogen-bond donors (Lipinski definition) is 1. The number of hydrogen-bond acceptors (Lipinski definition) is 2. The maximum Gasteiger partial charge on any atom is 0.00515 e. The van der Waals surface area contributed by atoms with Gasteiger partial charge in [-0.25, -0.2) is 0 Å². The molecule has 1 heterocycles. The molecule has 0 aliphatic heterocycles. The van der Waals surface area contributed by atoms with Gasteiger partial charge in [0.05, 0.1) is 0 Å². The number of aryl methyl sites for hydroxylation is 1. The largest absolute Gasteiger partial charge is 0.314 e. The summed E-state index contributed by atoms with van der Waals surface area (Å²) in [5.41, 5.74) is 1.44. The summed E-state index contributed by atoms with van der Waals surface area (Å²) in [6, 6.07) is 16.0. The molecule has 1 unspecified atom stereocenters. The summed E-state index contributed by atoms with van der Waals surface area (Å²) in [6.45, 7) is 7.77. The Hall–Kier alpha value is -1.12. The molecule has 1 atom stereocenters. The molecule has 0 spiro atoms. The van der Waals surface area contributed by atoms with Gasteiger partial charge in [-0.15, -0.1) is 11.3 Å². The molecule has 2 heteroatoms. The highest BCUT2D eigenvalue weighted by Gasteiger charge is 2.13. The van der Waals surface area contributed by atoms with Gasteiger partial charge in [-0.1, -0.05) is 51.1 Å². The van der Waals surface area contributed by atoms with E-state index in [9.17, 15) is 0 Å². The lowest BCUT2D eigenvalue weighted by atomic mass is 9.95. The van der Waals surface area contributed by atoms with Crippen LogP contribution < -0.4 is 5.32 Å². The van der Waals surface area contributed by atoms with Crippen LogP contribution in [0.15, 0.2) is 42.5 Å². The van der Waals surface area contributed by atoms with Gasteiger partial charge in [0, 0.05) is 15.8 Å². The molecule has 0 bridgehead atoms. The third-order valence-corrected chi connectivity index (χ3v) is 4.99. The summed E-state index contributed by atoms with van der Waals surface area (Å²) in [6.07, 6.45) is 3.48. The van der Waals surface area contributed by atoms with E-state index in [1.54, 1.807) is 0 Å². The average molecular weight is 301 g/mol. The molecule has 2 aromatic rings. The van der Waals surface area contributed by atoms with Gasteiger partial charge in [0.1, 0.15) is 0 Å². The maximum atomic E-state index is 3.61. The molecule has 0 aliphatic carbocycles. The van der Waals surface area contributed by atoms with Gasteiger partial charge < -0.3 is 5.32 Å². The van der Waals surface area contributed by atoms with Crippen molar-refractivity contribution in [1.29, 1.82) is 0 Å². The molecule has 0 saturated carbocycles. The second kappa shape index (κ2) is 8.35. The van der Waals surface area contributed by atoms with E-state index < -0.39 is 0 Å². The smallest absolute Gasteiger partial charge is 0.00515 e. The molecule has 21 heavy (non-hydrogen) atoms. The number of benzene rings is 1. The normalized spacial score (nSPS) is 12.8. The van der Waals surface area contributed by atoms with E-state index in [1.807, 2.05) is 11.3 Å². The van der Waals surface area contributed by atoms with Crippen LogP contribution in [0.3, 0.4) is 0 Å². The lowest BCUT2D eigenvalue weighted by molar-refractivity contribution is 0.446. The summed E-state index contributed by atoms with van der Waals surface area (Å²) >= 11 is 1.98. The van der Waals surface area contributed by atoms with Crippen LogP contribution in [-0.2, 0) is 19.3 Å². The van der Waals surface area contributed by atoms with Crippen LogP contribution in [-0.4, -0.2) is 12.6 Å². The van der Waals surface area contributed by atoms with Gasteiger partial charge in [0.2, 0.25) is 0 Å². The van der Waals surface area contributed by atoms with Gasteiger partial charge in [-0.05, 0) is 49.4 Å². The van der Waals surface area contributed by atoms with Gasteiger partial charge in [-0.2, -0.15) is 0 Å². The number of rotatable bonds is 8. The predicted octanol–water partition coefficient (Wildman–Crippen LogP) is 4.71. The van der Waals surface area contributed by atoms with Crippen LogP contribution in [0, 0.1) is 5.92 Å². The third-order valence-electron chi connectivity index (χ3n) is 3.74. The highest BCUT2D eigenvalue weighted by molar-refractivity contribution is 7.11. The summed E-state index contributed by atoms with van der Waals surface area (Å²) in [5.74, 6) is 0.665. The molecular formula is C19H27NS. The summed E-state index contributed by atoms with van der Waals surface area (Å²) in [4.78, 5) is 3.03. The zero-order valence-corrected chi connectivity index (χ0v) is 14.2. The van der Waals surface area contributed by atoms with E-state index in [0.29, 0.717) is 12.0 Å². The Morgan fingerprint density at radius 3 is 2.29 bits per heavy atom. The molecular weight excluding hydrogens is 274 g/mol. The monoisotopic (exact) mass is 301 g/mol. The van der Waals surface area contributed by atoms with Crippen LogP contribution >= 0.6 is 11.3 Å². The number of nitrogens with one attached hydrogen (secondary N) is 1. The number of thiophene rings is 1. The molecule has 0 radical (unpaired) electrons. The zero-order valence-electron chi connectivity index (χ0n) is 13.4. The Morgan fingerprint density at radius 1 is 0.952 bits per heavy atom. The highest BCUT2D eigenvalue weighted by atomic mass is 32.1. The first-order valence-corrected chi connectivity index (χ1v) is 8.84. The Kier molecular flexibility index (Phi) is 6.47. The van der Waals surface area contributed by atoms with Gasteiger partial charge >= 0.3 is 0 Å². The van der Waals surface area contributed by atoms with Crippen LogP contribution in [0.25, 0.3) is 0 Å². The first kappa shape index (κ1) is 16.3. The molecule has 0 amide bonds. The lowest BCUT2D eigenvalue weighted by Crippen LogP contribution is -2.30. The minimum Gasteiger partial charge on any atom is -0.314 e. The van der Waals surface area contributed by atoms with E-state index in [4.69, 9.17) is 0 Å². The van der Waals surface area contributed by atoms with E-state index in [1.165, 1.54) is 21.7 Å². The van der Waals surface area contributed by atoms with E-state index in [-0.39, 0.29) is 0 Å². The van der Waals surface area contributed by atoms with Gasteiger partial charge in [-0.3, -0.25) is 0 Å². The molecule has 2 rings (SSSR count). The van der Waals surface area contributed by atoms with Crippen molar-refractivity contribution in [2.45, 2.75) is 46.1 Å². The molecule has 1 N–H and O–H groups in total. The molecule has 1 aromatic heterocycles. The highest BCUT2D eigenvalue weighted by Crippen LogP contribution is 2.22.